The van der Waals surface area contributed by atoms with Gasteiger partial charge >= 0.3 is 0 Å². The Bertz CT molecular complexity index is 699. The van der Waals surface area contributed by atoms with Crippen molar-refractivity contribution in [1.82, 2.24) is 10.3 Å². The third-order valence-corrected chi connectivity index (χ3v) is 3.40. The average molecular weight is 326 g/mol. The highest BCUT2D eigenvalue weighted by atomic mass is 16.5. The summed E-state index contributed by atoms with van der Waals surface area (Å²) in [7, 11) is 1.59. The molecule has 0 bridgehead atoms. The SMILES string of the molecule is CCOc1ccc(/C=C/C(=O)NC(C)c2ccccn2)cc1OC. The summed E-state index contributed by atoms with van der Waals surface area (Å²) < 4.78 is 10.8. The van der Waals surface area contributed by atoms with Crippen LogP contribution in [0.5, 0.6) is 11.5 Å². The van der Waals surface area contributed by atoms with Gasteiger partial charge in [0.1, 0.15) is 0 Å². The molecule has 24 heavy (non-hydrogen) atoms. The first kappa shape index (κ1) is 17.5. The monoisotopic (exact) mass is 326 g/mol. The molecule has 1 unspecified atom stereocenters. The van der Waals surface area contributed by atoms with Gasteiger partial charge in [-0.1, -0.05) is 12.1 Å². The summed E-state index contributed by atoms with van der Waals surface area (Å²) in [5.41, 5.74) is 1.68. The Morgan fingerprint density at radius 2 is 2.12 bits per heavy atom. The van der Waals surface area contributed by atoms with E-state index in [1.165, 1.54) is 6.08 Å². The zero-order chi connectivity index (χ0) is 17.4. The number of hydrogen-bond donors (Lipinski definition) is 1. The fourth-order valence-electron chi connectivity index (χ4n) is 2.20. The predicted octanol–water partition coefficient (Wildman–Crippen LogP) is 3.38. The van der Waals surface area contributed by atoms with Crippen molar-refractivity contribution in [2.75, 3.05) is 13.7 Å². The maximum atomic E-state index is 12.0. The number of ether oxygens (including phenoxy) is 2. The van der Waals surface area contributed by atoms with Gasteiger partial charge in [0.2, 0.25) is 5.91 Å². The first-order chi connectivity index (χ1) is 11.6. The number of carbonyl (C=O) groups is 1. The number of carbonyl (C=O) groups excluding carboxylic acids is 1. The van der Waals surface area contributed by atoms with Crippen molar-refractivity contribution in [3.05, 3.63) is 59.9 Å². The molecule has 2 rings (SSSR count). The Morgan fingerprint density at radius 1 is 1.29 bits per heavy atom. The van der Waals surface area contributed by atoms with E-state index in [1.54, 1.807) is 19.4 Å². The second-order valence-electron chi connectivity index (χ2n) is 5.16. The van der Waals surface area contributed by atoms with Gasteiger partial charge < -0.3 is 14.8 Å². The maximum absolute atomic E-state index is 12.0. The highest BCUT2D eigenvalue weighted by molar-refractivity contribution is 5.92. The smallest absolute Gasteiger partial charge is 0.244 e. The molecular formula is C19H22N2O3. The summed E-state index contributed by atoms with van der Waals surface area (Å²) in [6.45, 7) is 4.38. The summed E-state index contributed by atoms with van der Waals surface area (Å²) in [5.74, 6) is 1.15. The number of pyridine rings is 1. The second kappa shape index (κ2) is 8.72. The van der Waals surface area contributed by atoms with E-state index in [4.69, 9.17) is 9.47 Å². The third-order valence-electron chi connectivity index (χ3n) is 3.40. The zero-order valence-corrected chi connectivity index (χ0v) is 14.2. The molecule has 126 valence electrons. The Hall–Kier alpha value is -2.82. The molecule has 0 saturated heterocycles. The molecule has 1 aromatic carbocycles. The molecule has 1 aromatic heterocycles. The van der Waals surface area contributed by atoms with Crippen molar-refractivity contribution in [2.24, 2.45) is 0 Å². The van der Waals surface area contributed by atoms with Crippen LogP contribution in [0.25, 0.3) is 6.08 Å². The van der Waals surface area contributed by atoms with Crippen LogP contribution in [0.4, 0.5) is 0 Å². The molecule has 0 saturated carbocycles. The van der Waals surface area contributed by atoms with Gasteiger partial charge in [0.25, 0.3) is 0 Å². The molecule has 1 N–H and O–H groups in total. The number of rotatable bonds is 7. The van der Waals surface area contributed by atoms with Gasteiger partial charge in [0.05, 0.1) is 25.5 Å². The number of benzene rings is 1. The molecule has 1 atom stereocenters. The lowest BCUT2D eigenvalue weighted by Gasteiger charge is -2.11. The van der Waals surface area contributed by atoms with E-state index in [-0.39, 0.29) is 11.9 Å². The summed E-state index contributed by atoms with van der Waals surface area (Å²) >= 11 is 0. The van der Waals surface area contributed by atoms with Crippen LogP contribution in [0.2, 0.25) is 0 Å². The Kier molecular flexibility index (Phi) is 6.37. The minimum atomic E-state index is -0.180. The van der Waals surface area contributed by atoms with Gasteiger partial charge in [-0.2, -0.15) is 0 Å². The van der Waals surface area contributed by atoms with E-state index in [0.29, 0.717) is 18.1 Å². The Balaban J connectivity index is 2.01. The molecule has 0 fully saturated rings. The molecule has 0 radical (unpaired) electrons. The van der Waals surface area contributed by atoms with Crippen LogP contribution in [0.3, 0.4) is 0 Å². The fourth-order valence-corrected chi connectivity index (χ4v) is 2.20. The van der Waals surface area contributed by atoms with E-state index in [2.05, 4.69) is 10.3 Å². The van der Waals surface area contributed by atoms with Crippen molar-refractivity contribution in [1.29, 1.82) is 0 Å². The van der Waals surface area contributed by atoms with Crippen molar-refractivity contribution >= 4 is 12.0 Å². The van der Waals surface area contributed by atoms with Crippen LogP contribution in [0.15, 0.2) is 48.7 Å². The number of nitrogens with zero attached hydrogens (tertiary/aromatic N) is 1. The number of amides is 1. The highest BCUT2D eigenvalue weighted by Crippen LogP contribution is 2.28. The van der Waals surface area contributed by atoms with Gasteiger partial charge in [0, 0.05) is 12.3 Å². The third kappa shape index (κ3) is 4.84. The Morgan fingerprint density at radius 3 is 2.79 bits per heavy atom. The topological polar surface area (TPSA) is 60.5 Å². The molecule has 5 nitrogen and oxygen atoms in total. The first-order valence-corrected chi connectivity index (χ1v) is 7.84. The van der Waals surface area contributed by atoms with E-state index < -0.39 is 0 Å². The van der Waals surface area contributed by atoms with Crippen molar-refractivity contribution in [3.8, 4) is 11.5 Å². The number of methoxy groups -OCH3 is 1. The summed E-state index contributed by atoms with van der Waals surface area (Å²) in [5, 5.41) is 2.88. The van der Waals surface area contributed by atoms with E-state index in [9.17, 15) is 4.79 Å². The predicted molar refractivity (Wildman–Crippen MR) is 94.0 cm³/mol. The molecule has 0 aliphatic heterocycles. The molecule has 0 aliphatic carbocycles. The largest absolute Gasteiger partial charge is 0.493 e. The van der Waals surface area contributed by atoms with Crippen LogP contribution < -0.4 is 14.8 Å². The molecule has 0 aliphatic rings. The fraction of sp³-hybridized carbons (Fsp3) is 0.263. The summed E-state index contributed by atoms with van der Waals surface area (Å²) in [4.78, 5) is 16.3. The van der Waals surface area contributed by atoms with Crippen molar-refractivity contribution in [2.45, 2.75) is 19.9 Å². The highest BCUT2D eigenvalue weighted by Gasteiger charge is 2.08. The lowest BCUT2D eigenvalue weighted by molar-refractivity contribution is -0.117. The Labute approximate surface area is 142 Å². The number of hydrogen-bond acceptors (Lipinski definition) is 4. The molecule has 0 spiro atoms. The number of aromatic nitrogens is 1. The quantitative estimate of drug-likeness (QED) is 0.792. The summed E-state index contributed by atoms with van der Waals surface area (Å²) in [6.07, 6.45) is 4.94. The first-order valence-electron chi connectivity index (χ1n) is 7.84. The van der Waals surface area contributed by atoms with Crippen LogP contribution in [-0.2, 0) is 4.79 Å². The van der Waals surface area contributed by atoms with E-state index >= 15 is 0 Å². The number of nitrogens with one attached hydrogen (secondary N) is 1. The minimum Gasteiger partial charge on any atom is -0.493 e. The van der Waals surface area contributed by atoms with Gasteiger partial charge in [-0.3, -0.25) is 9.78 Å². The molecule has 1 heterocycles. The lowest BCUT2D eigenvalue weighted by Crippen LogP contribution is -2.25. The van der Waals surface area contributed by atoms with Gasteiger partial charge in [0.15, 0.2) is 11.5 Å². The summed E-state index contributed by atoms with van der Waals surface area (Å²) in [6, 6.07) is 11.0. The standard InChI is InChI=1S/C19H22N2O3/c1-4-24-17-10-8-15(13-18(17)23-3)9-11-19(22)21-14(2)16-7-5-6-12-20-16/h5-14H,4H2,1-3H3,(H,21,22)/b11-9+. The van der Waals surface area contributed by atoms with Crippen LogP contribution in [0, 0.1) is 0 Å². The normalized spacial score (nSPS) is 12.0. The molecule has 5 heteroatoms. The van der Waals surface area contributed by atoms with E-state index in [1.807, 2.05) is 50.2 Å². The van der Waals surface area contributed by atoms with E-state index in [0.717, 1.165) is 11.3 Å². The average Bonchev–Trinajstić information content (AvgIpc) is 2.61. The van der Waals surface area contributed by atoms with Crippen LogP contribution in [-0.4, -0.2) is 24.6 Å². The maximum Gasteiger partial charge on any atom is 0.244 e. The lowest BCUT2D eigenvalue weighted by atomic mass is 10.1. The van der Waals surface area contributed by atoms with Crippen LogP contribution >= 0.6 is 0 Å². The molecule has 1 amide bonds. The molecular weight excluding hydrogens is 304 g/mol. The van der Waals surface area contributed by atoms with Gasteiger partial charge in [-0.15, -0.1) is 0 Å². The minimum absolute atomic E-state index is 0.154. The second-order valence-corrected chi connectivity index (χ2v) is 5.16. The van der Waals surface area contributed by atoms with Crippen molar-refractivity contribution < 1.29 is 14.3 Å². The zero-order valence-electron chi connectivity index (χ0n) is 14.2. The van der Waals surface area contributed by atoms with Crippen molar-refractivity contribution in [3.63, 3.8) is 0 Å². The van der Waals surface area contributed by atoms with Crippen LogP contribution in [0.1, 0.15) is 31.1 Å². The van der Waals surface area contributed by atoms with Gasteiger partial charge in [-0.05, 0) is 49.8 Å². The van der Waals surface area contributed by atoms with Gasteiger partial charge in [-0.25, -0.2) is 0 Å². The molecule has 2 aromatic rings.